The molecule has 2 aromatic carbocycles. The van der Waals surface area contributed by atoms with E-state index in [2.05, 4.69) is 5.16 Å². The zero-order valence-corrected chi connectivity index (χ0v) is 11.0. The molecule has 0 saturated heterocycles. The number of oxime groups is 1. The van der Waals surface area contributed by atoms with E-state index in [1.807, 2.05) is 44.2 Å². The number of carbonyl (C=O) groups excluding carboxylic acids is 1. The van der Waals surface area contributed by atoms with Gasteiger partial charge in [0, 0.05) is 0 Å². The lowest BCUT2D eigenvalue weighted by atomic mass is 10.1. The van der Waals surface area contributed by atoms with Crippen LogP contribution in [0.15, 0.2) is 59.8 Å². The molecular weight excluding hydrogens is 238 g/mol. The Morgan fingerprint density at radius 2 is 1.58 bits per heavy atom. The molecule has 0 aromatic heterocycles. The summed E-state index contributed by atoms with van der Waals surface area (Å²) in [7, 11) is 0. The van der Waals surface area contributed by atoms with E-state index in [0.717, 1.165) is 5.56 Å². The van der Waals surface area contributed by atoms with Crippen LogP contribution in [-0.2, 0) is 4.84 Å². The van der Waals surface area contributed by atoms with E-state index in [1.54, 1.807) is 24.3 Å². The lowest BCUT2D eigenvalue weighted by molar-refractivity contribution is 0.0516. The van der Waals surface area contributed by atoms with Crippen molar-refractivity contribution in [1.82, 2.24) is 0 Å². The van der Waals surface area contributed by atoms with Crippen LogP contribution >= 0.6 is 0 Å². The van der Waals surface area contributed by atoms with Gasteiger partial charge in [0.25, 0.3) is 0 Å². The third-order valence-electron chi connectivity index (χ3n) is 2.74. The van der Waals surface area contributed by atoms with Crippen molar-refractivity contribution < 1.29 is 9.63 Å². The first-order valence-electron chi connectivity index (χ1n) is 6.05. The number of nitrogens with zero attached hydrogens (tertiary/aromatic N) is 1. The topological polar surface area (TPSA) is 38.7 Å². The largest absolute Gasteiger partial charge is 0.365 e. The smallest absolute Gasteiger partial charge is 0.313 e. The van der Waals surface area contributed by atoms with E-state index in [-0.39, 0.29) is 0 Å². The molecule has 0 fully saturated rings. The third kappa shape index (κ3) is 3.52. The van der Waals surface area contributed by atoms with Crippen molar-refractivity contribution in [3.8, 4) is 0 Å². The first kappa shape index (κ1) is 13.0. The molecule has 0 saturated carbocycles. The normalized spacial score (nSPS) is 11.2. The average Bonchev–Trinajstić information content (AvgIpc) is 2.46. The second kappa shape index (κ2) is 5.96. The molecule has 0 aliphatic heterocycles. The minimum absolute atomic E-state index is 0.452. The van der Waals surface area contributed by atoms with Crippen molar-refractivity contribution in [3.05, 3.63) is 71.3 Å². The number of carbonyl (C=O) groups is 1. The van der Waals surface area contributed by atoms with E-state index < -0.39 is 5.97 Å². The average molecular weight is 253 g/mol. The quantitative estimate of drug-likeness (QED) is 0.476. The second-order valence-corrected chi connectivity index (χ2v) is 4.29. The molecule has 0 aliphatic rings. The summed E-state index contributed by atoms with van der Waals surface area (Å²) in [6, 6.07) is 16.7. The molecule has 2 aromatic rings. The monoisotopic (exact) mass is 253 g/mol. The summed E-state index contributed by atoms with van der Waals surface area (Å²) in [6.45, 7) is 3.83. The van der Waals surface area contributed by atoms with Crippen LogP contribution in [0.1, 0.15) is 28.4 Å². The number of benzene rings is 2. The van der Waals surface area contributed by atoms with Crippen LogP contribution in [0.25, 0.3) is 0 Å². The van der Waals surface area contributed by atoms with Crippen LogP contribution in [0.3, 0.4) is 0 Å². The van der Waals surface area contributed by atoms with E-state index in [1.165, 1.54) is 5.56 Å². The molecule has 0 N–H and O–H groups in total. The molecule has 2 rings (SSSR count). The van der Waals surface area contributed by atoms with Crippen molar-refractivity contribution in [1.29, 1.82) is 0 Å². The van der Waals surface area contributed by atoms with E-state index in [0.29, 0.717) is 11.3 Å². The van der Waals surface area contributed by atoms with Crippen molar-refractivity contribution in [2.24, 2.45) is 5.16 Å². The van der Waals surface area contributed by atoms with Gasteiger partial charge >= 0.3 is 5.97 Å². The highest BCUT2D eigenvalue weighted by atomic mass is 16.7. The number of hydrogen-bond donors (Lipinski definition) is 0. The van der Waals surface area contributed by atoms with Crippen LogP contribution in [0.5, 0.6) is 0 Å². The van der Waals surface area contributed by atoms with Crippen molar-refractivity contribution in [2.45, 2.75) is 13.8 Å². The first-order chi connectivity index (χ1) is 9.16. The molecule has 19 heavy (non-hydrogen) atoms. The lowest BCUT2D eigenvalue weighted by Gasteiger charge is -2.02. The first-order valence-corrected chi connectivity index (χ1v) is 6.05. The summed E-state index contributed by atoms with van der Waals surface area (Å²) < 4.78 is 0. The van der Waals surface area contributed by atoms with Gasteiger partial charge in [0.1, 0.15) is 0 Å². The fourth-order valence-electron chi connectivity index (χ4n) is 1.58. The molecule has 0 bridgehead atoms. The third-order valence-corrected chi connectivity index (χ3v) is 2.74. The Morgan fingerprint density at radius 1 is 0.947 bits per heavy atom. The molecule has 0 heterocycles. The zero-order valence-electron chi connectivity index (χ0n) is 11.0. The Kier molecular flexibility index (Phi) is 4.08. The van der Waals surface area contributed by atoms with E-state index in [9.17, 15) is 4.79 Å². The maximum atomic E-state index is 11.7. The summed E-state index contributed by atoms with van der Waals surface area (Å²) in [5, 5.41) is 3.87. The van der Waals surface area contributed by atoms with Gasteiger partial charge in [-0.25, -0.2) is 4.79 Å². The fraction of sp³-hybridized carbons (Fsp3) is 0.125. The lowest BCUT2D eigenvalue weighted by Crippen LogP contribution is -2.03. The Labute approximate surface area is 112 Å². The van der Waals surface area contributed by atoms with Crippen molar-refractivity contribution in [2.75, 3.05) is 0 Å². The van der Waals surface area contributed by atoms with Crippen LogP contribution in [0.4, 0.5) is 0 Å². The molecular formula is C16H15NO2. The molecule has 3 heteroatoms. The van der Waals surface area contributed by atoms with E-state index >= 15 is 0 Å². The summed E-state index contributed by atoms with van der Waals surface area (Å²) in [5.41, 5.74) is 3.27. The summed E-state index contributed by atoms with van der Waals surface area (Å²) >= 11 is 0. The standard InChI is InChI=1S/C16H15NO2/c1-12-8-10-14(11-9-12)13(2)17-19-16(18)15-6-4-3-5-7-15/h3-11H,1-2H3/b17-13-. The van der Waals surface area contributed by atoms with Gasteiger partial charge in [-0.2, -0.15) is 0 Å². The van der Waals surface area contributed by atoms with Crippen LogP contribution in [0, 0.1) is 6.92 Å². The molecule has 0 aliphatic carbocycles. The predicted molar refractivity (Wildman–Crippen MR) is 75.2 cm³/mol. The van der Waals surface area contributed by atoms with Gasteiger partial charge < -0.3 is 4.84 Å². The molecule has 0 unspecified atom stereocenters. The highest BCUT2D eigenvalue weighted by Crippen LogP contribution is 2.06. The molecule has 96 valence electrons. The van der Waals surface area contributed by atoms with Gasteiger partial charge in [-0.1, -0.05) is 53.2 Å². The van der Waals surface area contributed by atoms with Crippen LogP contribution in [-0.4, -0.2) is 11.7 Å². The Morgan fingerprint density at radius 3 is 2.21 bits per heavy atom. The van der Waals surface area contributed by atoms with E-state index in [4.69, 9.17) is 4.84 Å². The maximum Gasteiger partial charge on any atom is 0.365 e. The summed E-state index contributed by atoms with van der Waals surface area (Å²) in [6.07, 6.45) is 0. The van der Waals surface area contributed by atoms with Crippen molar-refractivity contribution >= 4 is 11.7 Å². The predicted octanol–water partition coefficient (Wildman–Crippen LogP) is 3.58. The number of rotatable bonds is 3. The minimum atomic E-state index is -0.452. The second-order valence-electron chi connectivity index (χ2n) is 4.29. The van der Waals surface area contributed by atoms with Gasteiger partial charge in [0.2, 0.25) is 0 Å². The maximum absolute atomic E-state index is 11.7. The van der Waals surface area contributed by atoms with Gasteiger partial charge in [-0.05, 0) is 31.5 Å². The highest BCUT2D eigenvalue weighted by Gasteiger charge is 2.06. The molecule has 0 amide bonds. The number of aryl methyl sites for hydroxylation is 1. The Hall–Kier alpha value is -2.42. The molecule has 0 atom stereocenters. The fourth-order valence-corrected chi connectivity index (χ4v) is 1.58. The Balaban J connectivity index is 2.06. The Bertz CT molecular complexity index is 586. The zero-order chi connectivity index (χ0) is 13.7. The number of hydrogen-bond acceptors (Lipinski definition) is 3. The molecule has 0 spiro atoms. The van der Waals surface area contributed by atoms with Gasteiger partial charge in [0.05, 0.1) is 11.3 Å². The van der Waals surface area contributed by atoms with Crippen LogP contribution < -0.4 is 0 Å². The molecule has 0 radical (unpaired) electrons. The minimum Gasteiger partial charge on any atom is -0.313 e. The SMILES string of the molecule is C/C(=N/OC(=O)c1ccccc1)c1ccc(C)cc1. The summed E-state index contributed by atoms with van der Waals surface area (Å²) in [5.74, 6) is -0.452. The summed E-state index contributed by atoms with van der Waals surface area (Å²) in [4.78, 5) is 16.6. The van der Waals surface area contributed by atoms with Gasteiger partial charge in [0.15, 0.2) is 0 Å². The molecule has 3 nitrogen and oxygen atoms in total. The van der Waals surface area contributed by atoms with Gasteiger partial charge in [-0.3, -0.25) is 0 Å². The van der Waals surface area contributed by atoms with Crippen molar-refractivity contribution in [3.63, 3.8) is 0 Å². The van der Waals surface area contributed by atoms with Gasteiger partial charge in [-0.15, -0.1) is 0 Å². The highest BCUT2D eigenvalue weighted by molar-refractivity contribution is 5.99. The van der Waals surface area contributed by atoms with Crippen LogP contribution in [0.2, 0.25) is 0 Å².